The minimum Gasteiger partial charge on any atom is -0.447 e. The van der Waals surface area contributed by atoms with Crippen molar-refractivity contribution in [1.82, 2.24) is 0 Å². The smallest absolute Gasteiger partial charge is 0.414 e. The van der Waals surface area contributed by atoms with Crippen molar-refractivity contribution in [3.8, 4) is 0 Å². The number of cyclic esters (lactones) is 1. The molecule has 0 spiro atoms. The van der Waals surface area contributed by atoms with Crippen LogP contribution in [0.1, 0.15) is 0 Å². The van der Waals surface area contributed by atoms with E-state index >= 15 is 0 Å². The lowest BCUT2D eigenvalue weighted by molar-refractivity contribution is 0.181. The lowest BCUT2D eigenvalue weighted by Gasteiger charge is -2.13. The van der Waals surface area contributed by atoms with Gasteiger partial charge in [-0.3, -0.25) is 4.90 Å². The molecule has 0 atom stereocenters. The van der Waals surface area contributed by atoms with Crippen molar-refractivity contribution in [1.29, 1.82) is 0 Å². The largest absolute Gasteiger partial charge is 0.447 e. The maximum atomic E-state index is 11.2. The quantitative estimate of drug-likeness (QED) is 0.692. The summed E-state index contributed by atoms with van der Waals surface area (Å²) < 4.78 is 4.80. The van der Waals surface area contributed by atoms with Crippen LogP contribution in [0.4, 0.5) is 10.5 Å². The van der Waals surface area contributed by atoms with Crippen LogP contribution in [0.2, 0.25) is 5.02 Å². The molecule has 3 nitrogen and oxygen atoms in total. The maximum Gasteiger partial charge on any atom is 0.414 e. The van der Waals surface area contributed by atoms with Crippen LogP contribution >= 0.6 is 11.6 Å². The number of carbonyl (C=O) groups excluding carboxylic acids is 1. The van der Waals surface area contributed by atoms with E-state index in [0.717, 1.165) is 0 Å². The summed E-state index contributed by atoms with van der Waals surface area (Å²) in [6.07, 6.45) is -0.326. The van der Waals surface area contributed by atoms with E-state index in [9.17, 15) is 4.79 Å². The molecular formula is C9H8ClNO2. The van der Waals surface area contributed by atoms with Gasteiger partial charge >= 0.3 is 6.09 Å². The number of para-hydroxylation sites is 1. The molecule has 68 valence electrons. The van der Waals surface area contributed by atoms with Crippen LogP contribution in [0.5, 0.6) is 0 Å². The fraction of sp³-hybridized carbons (Fsp3) is 0.222. The van der Waals surface area contributed by atoms with Crippen LogP contribution in [-0.2, 0) is 4.74 Å². The number of halogens is 1. The maximum absolute atomic E-state index is 11.2. The van der Waals surface area contributed by atoms with Gasteiger partial charge in [0, 0.05) is 0 Å². The van der Waals surface area contributed by atoms with Gasteiger partial charge in [0.2, 0.25) is 0 Å². The molecule has 2 rings (SSSR count). The van der Waals surface area contributed by atoms with Gasteiger partial charge in [-0.2, -0.15) is 0 Å². The Morgan fingerprint density at radius 3 is 2.77 bits per heavy atom. The van der Waals surface area contributed by atoms with E-state index in [0.29, 0.717) is 23.9 Å². The number of benzene rings is 1. The molecule has 0 N–H and O–H groups in total. The van der Waals surface area contributed by atoms with E-state index in [1.54, 1.807) is 12.1 Å². The monoisotopic (exact) mass is 197 g/mol. The first-order valence-corrected chi connectivity index (χ1v) is 4.35. The second kappa shape index (κ2) is 3.26. The predicted molar refractivity (Wildman–Crippen MR) is 50.1 cm³/mol. The molecule has 1 aliphatic heterocycles. The van der Waals surface area contributed by atoms with Crippen LogP contribution in [0.15, 0.2) is 24.3 Å². The number of rotatable bonds is 1. The highest BCUT2D eigenvalue weighted by atomic mass is 35.5. The molecule has 0 saturated carbocycles. The van der Waals surface area contributed by atoms with E-state index in [1.165, 1.54) is 4.90 Å². The van der Waals surface area contributed by atoms with E-state index in [4.69, 9.17) is 16.3 Å². The van der Waals surface area contributed by atoms with Crippen molar-refractivity contribution in [3.63, 3.8) is 0 Å². The van der Waals surface area contributed by atoms with Crippen LogP contribution in [0, 0.1) is 0 Å². The highest BCUT2D eigenvalue weighted by Crippen LogP contribution is 2.27. The van der Waals surface area contributed by atoms with E-state index in [2.05, 4.69) is 0 Å². The first-order chi connectivity index (χ1) is 6.29. The summed E-state index contributed by atoms with van der Waals surface area (Å²) in [7, 11) is 0. The van der Waals surface area contributed by atoms with Gasteiger partial charge in [-0.1, -0.05) is 23.7 Å². The predicted octanol–water partition coefficient (Wildman–Crippen LogP) is 2.30. The molecule has 0 aliphatic carbocycles. The molecule has 1 amide bonds. The number of anilines is 1. The number of nitrogens with zero attached hydrogens (tertiary/aromatic N) is 1. The van der Waals surface area contributed by atoms with Crippen molar-refractivity contribution in [2.24, 2.45) is 0 Å². The van der Waals surface area contributed by atoms with Crippen molar-refractivity contribution >= 4 is 23.4 Å². The SMILES string of the molecule is O=C1OCCN1c1ccccc1Cl. The Balaban J connectivity index is 2.34. The summed E-state index contributed by atoms with van der Waals surface area (Å²) in [4.78, 5) is 12.7. The third-order valence-electron chi connectivity index (χ3n) is 1.90. The van der Waals surface area contributed by atoms with Gasteiger partial charge in [-0.25, -0.2) is 4.79 Å². The summed E-state index contributed by atoms with van der Waals surface area (Å²) in [6, 6.07) is 7.22. The molecule has 4 heteroatoms. The zero-order valence-corrected chi connectivity index (χ0v) is 7.62. The highest BCUT2D eigenvalue weighted by Gasteiger charge is 2.24. The number of carbonyl (C=O) groups is 1. The second-order valence-corrected chi connectivity index (χ2v) is 3.12. The van der Waals surface area contributed by atoms with E-state index < -0.39 is 0 Å². The molecular weight excluding hydrogens is 190 g/mol. The number of hydrogen-bond donors (Lipinski definition) is 0. The van der Waals surface area contributed by atoms with Gasteiger partial charge in [0.15, 0.2) is 0 Å². The van der Waals surface area contributed by atoms with Crippen molar-refractivity contribution < 1.29 is 9.53 Å². The molecule has 0 unspecified atom stereocenters. The normalized spacial score (nSPS) is 16.1. The minimum atomic E-state index is -0.326. The van der Waals surface area contributed by atoms with Crippen LogP contribution in [0.3, 0.4) is 0 Å². The van der Waals surface area contributed by atoms with Gasteiger partial charge in [0.05, 0.1) is 17.3 Å². The Labute approximate surface area is 80.9 Å². The molecule has 0 bridgehead atoms. The van der Waals surface area contributed by atoms with Crippen molar-refractivity contribution in [2.75, 3.05) is 18.1 Å². The third kappa shape index (κ3) is 1.47. The van der Waals surface area contributed by atoms with Gasteiger partial charge in [-0.05, 0) is 12.1 Å². The van der Waals surface area contributed by atoms with Gasteiger partial charge in [-0.15, -0.1) is 0 Å². The molecule has 1 aromatic carbocycles. The molecule has 1 aliphatic rings. The van der Waals surface area contributed by atoms with E-state index in [-0.39, 0.29) is 6.09 Å². The summed E-state index contributed by atoms with van der Waals surface area (Å²) in [5, 5.41) is 0.571. The highest BCUT2D eigenvalue weighted by molar-refractivity contribution is 6.33. The number of hydrogen-bond acceptors (Lipinski definition) is 2. The molecule has 1 heterocycles. The minimum absolute atomic E-state index is 0.326. The molecule has 1 fully saturated rings. The molecule has 0 aromatic heterocycles. The lowest BCUT2D eigenvalue weighted by atomic mass is 10.3. The summed E-state index contributed by atoms with van der Waals surface area (Å²) in [5.41, 5.74) is 0.715. The Kier molecular flexibility index (Phi) is 2.10. The molecule has 1 aromatic rings. The van der Waals surface area contributed by atoms with Crippen molar-refractivity contribution in [3.05, 3.63) is 29.3 Å². The summed E-state index contributed by atoms with van der Waals surface area (Å²) in [6.45, 7) is 1.01. The lowest BCUT2D eigenvalue weighted by Crippen LogP contribution is -2.23. The second-order valence-electron chi connectivity index (χ2n) is 2.72. The van der Waals surface area contributed by atoms with Crippen molar-refractivity contribution in [2.45, 2.75) is 0 Å². The Bertz CT molecular complexity index is 340. The Hall–Kier alpha value is -1.22. The fourth-order valence-corrected chi connectivity index (χ4v) is 1.52. The first-order valence-electron chi connectivity index (χ1n) is 3.98. The molecule has 1 saturated heterocycles. The van der Waals surface area contributed by atoms with E-state index in [1.807, 2.05) is 12.1 Å². The van der Waals surface area contributed by atoms with Crippen LogP contribution in [0.25, 0.3) is 0 Å². The Morgan fingerprint density at radius 1 is 1.38 bits per heavy atom. The van der Waals surface area contributed by atoms with Crippen LogP contribution < -0.4 is 4.90 Å². The molecule has 0 radical (unpaired) electrons. The standard InChI is InChI=1S/C9H8ClNO2/c10-7-3-1-2-4-8(7)11-5-6-13-9(11)12/h1-4H,5-6H2. The number of ether oxygens (including phenoxy) is 1. The zero-order valence-electron chi connectivity index (χ0n) is 6.87. The molecule has 13 heavy (non-hydrogen) atoms. The summed E-state index contributed by atoms with van der Waals surface area (Å²) >= 11 is 5.92. The first kappa shape index (κ1) is 8.38. The third-order valence-corrected chi connectivity index (χ3v) is 2.22. The number of amides is 1. The average molecular weight is 198 g/mol. The topological polar surface area (TPSA) is 29.5 Å². The van der Waals surface area contributed by atoms with Gasteiger partial charge < -0.3 is 4.74 Å². The van der Waals surface area contributed by atoms with Crippen LogP contribution in [-0.4, -0.2) is 19.2 Å². The average Bonchev–Trinajstić information content (AvgIpc) is 2.52. The zero-order chi connectivity index (χ0) is 9.26. The fourth-order valence-electron chi connectivity index (χ4n) is 1.28. The Morgan fingerprint density at radius 2 is 2.15 bits per heavy atom. The summed E-state index contributed by atoms with van der Waals surface area (Å²) in [5.74, 6) is 0. The van der Waals surface area contributed by atoms with Gasteiger partial charge in [0.25, 0.3) is 0 Å². The van der Waals surface area contributed by atoms with Gasteiger partial charge in [0.1, 0.15) is 6.61 Å².